The molecule has 0 unspecified atom stereocenters. The second-order valence-corrected chi connectivity index (χ2v) is 4.59. The maximum absolute atomic E-state index is 11.0. The molecule has 0 saturated carbocycles. The molecular weight excluding hydrogens is 254 g/mol. The van der Waals surface area contributed by atoms with Gasteiger partial charge in [-0.3, -0.25) is 0 Å². The van der Waals surface area contributed by atoms with Crippen LogP contribution < -0.4 is 10.6 Å². The van der Waals surface area contributed by atoms with Crippen molar-refractivity contribution >= 4 is 17.5 Å². The Morgan fingerprint density at radius 1 is 1.35 bits per heavy atom. The van der Waals surface area contributed by atoms with E-state index >= 15 is 0 Å². The van der Waals surface area contributed by atoms with Gasteiger partial charge in [-0.05, 0) is 18.1 Å². The molecule has 2 aromatic rings. The quantitative estimate of drug-likeness (QED) is 0.870. The summed E-state index contributed by atoms with van der Waals surface area (Å²) < 4.78 is 0. The van der Waals surface area contributed by atoms with E-state index in [0.29, 0.717) is 5.82 Å². The largest absolute Gasteiger partial charge is 0.478 e. The first kappa shape index (κ1) is 13.9. The molecule has 1 aromatic carbocycles. The molecule has 0 aliphatic rings. The third-order valence-electron chi connectivity index (χ3n) is 3.12. The number of benzene rings is 1. The Bertz CT molecular complexity index is 599. The van der Waals surface area contributed by atoms with Crippen LogP contribution in [0.1, 0.15) is 15.9 Å². The maximum atomic E-state index is 11.0. The molecule has 0 radical (unpaired) electrons. The molecule has 104 valence electrons. The molecule has 0 aliphatic carbocycles. The highest BCUT2D eigenvalue weighted by atomic mass is 16.4. The van der Waals surface area contributed by atoms with Crippen molar-refractivity contribution in [3.05, 3.63) is 53.7 Å². The highest BCUT2D eigenvalue weighted by Crippen LogP contribution is 2.17. The fourth-order valence-electron chi connectivity index (χ4n) is 1.90. The number of rotatable bonds is 5. The monoisotopic (exact) mass is 271 g/mol. The Kier molecular flexibility index (Phi) is 4.20. The first-order valence-electron chi connectivity index (χ1n) is 6.32. The number of pyridine rings is 1. The topological polar surface area (TPSA) is 79.5 Å². The van der Waals surface area contributed by atoms with Gasteiger partial charge in [-0.1, -0.05) is 30.3 Å². The lowest BCUT2D eigenvalue weighted by Gasteiger charge is -2.18. The first-order valence-corrected chi connectivity index (χ1v) is 6.32. The zero-order chi connectivity index (χ0) is 14.5. The van der Waals surface area contributed by atoms with Gasteiger partial charge in [0.1, 0.15) is 5.82 Å². The number of nitrogen functional groups attached to an aromatic ring is 1. The molecular formula is C15H17N3O2. The molecule has 1 aromatic heterocycles. The van der Waals surface area contributed by atoms with Crippen LogP contribution in [0.5, 0.6) is 0 Å². The van der Waals surface area contributed by atoms with E-state index in [1.54, 1.807) is 0 Å². The lowest BCUT2D eigenvalue weighted by atomic mass is 10.1. The Morgan fingerprint density at radius 2 is 2.05 bits per heavy atom. The molecule has 0 aliphatic heterocycles. The average molecular weight is 271 g/mol. The number of nitrogens with zero attached hydrogens (tertiary/aromatic N) is 2. The fraction of sp³-hybridized carbons (Fsp3) is 0.200. The number of carbonyl (C=O) groups is 1. The van der Waals surface area contributed by atoms with Crippen LogP contribution in [0.3, 0.4) is 0 Å². The van der Waals surface area contributed by atoms with Crippen molar-refractivity contribution in [2.24, 2.45) is 0 Å². The van der Waals surface area contributed by atoms with E-state index in [2.05, 4.69) is 17.1 Å². The number of likely N-dealkylation sites (N-methyl/N-ethyl adjacent to an activating group) is 1. The Hall–Kier alpha value is -2.56. The lowest BCUT2D eigenvalue weighted by Crippen LogP contribution is -2.22. The summed E-state index contributed by atoms with van der Waals surface area (Å²) in [6.45, 7) is 0.750. The minimum Gasteiger partial charge on any atom is -0.478 e. The predicted molar refractivity (Wildman–Crippen MR) is 79.0 cm³/mol. The van der Waals surface area contributed by atoms with Gasteiger partial charge in [-0.25, -0.2) is 9.78 Å². The fourth-order valence-corrected chi connectivity index (χ4v) is 1.90. The standard InChI is InChI=1S/C15H17N3O2/c1-18(8-7-11-5-3-2-4-6-11)14-9-12(15(19)20)13(16)10-17-14/h2-6,9-10H,7-8,16H2,1H3,(H,19,20). The van der Waals surface area contributed by atoms with Gasteiger partial charge in [0.2, 0.25) is 0 Å². The molecule has 0 bridgehead atoms. The Morgan fingerprint density at radius 3 is 2.70 bits per heavy atom. The minimum atomic E-state index is -1.04. The van der Waals surface area contributed by atoms with Crippen LogP contribution in [-0.2, 0) is 6.42 Å². The van der Waals surface area contributed by atoms with Crippen molar-refractivity contribution in [2.45, 2.75) is 6.42 Å². The van der Waals surface area contributed by atoms with Crippen molar-refractivity contribution in [1.82, 2.24) is 4.98 Å². The molecule has 0 amide bonds. The predicted octanol–water partition coefficient (Wildman–Crippen LogP) is 2.04. The summed E-state index contributed by atoms with van der Waals surface area (Å²) >= 11 is 0. The molecule has 1 heterocycles. The van der Waals surface area contributed by atoms with Crippen molar-refractivity contribution in [3.8, 4) is 0 Å². The zero-order valence-electron chi connectivity index (χ0n) is 11.3. The second-order valence-electron chi connectivity index (χ2n) is 4.59. The number of carboxylic acid groups (broad SMARTS) is 1. The molecule has 3 N–H and O–H groups in total. The van der Waals surface area contributed by atoms with Gasteiger partial charge in [0, 0.05) is 13.6 Å². The molecule has 0 fully saturated rings. The number of hydrogen-bond donors (Lipinski definition) is 2. The van der Waals surface area contributed by atoms with E-state index < -0.39 is 5.97 Å². The SMILES string of the molecule is CN(CCc1ccccc1)c1cc(C(=O)O)c(N)cn1. The first-order chi connectivity index (χ1) is 9.58. The molecule has 5 nitrogen and oxygen atoms in total. The molecule has 0 spiro atoms. The van der Waals surface area contributed by atoms with Crippen LogP contribution in [0.4, 0.5) is 11.5 Å². The smallest absolute Gasteiger partial charge is 0.337 e. The van der Waals surface area contributed by atoms with Crippen LogP contribution in [0, 0.1) is 0 Å². The second kappa shape index (κ2) is 6.06. The Labute approximate surface area is 117 Å². The van der Waals surface area contributed by atoms with Gasteiger partial charge in [0.15, 0.2) is 0 Å². The average Bonchev–Trinajstić information content (AvgIpc) is 2.46. The summed E-state index contributed by atoms with van der Waals surface area (Å²) in [5.74, 6) is -0.435. The van der Waals surface area contributed by atoms with E-state index in [4.69, 9.17) is 10.8 Å². The van der Waals surface area contributed by atoms with E-state index in [1.165, 1.54) is 17.8 Å². The van der Waals surface area contributed by atoms with Gasteiger partial charge in [0.25, 0.3) is 0 Å². The third kappa shape index (κ3) is 3.26. The zero-order valence-corrected chi connectivity index (χ0v) is 11.3. The van der Waals surface area contributed by atoms with E-state index in [1.807, 2.05) is 30.1 Å². The number of hydrogen-bond acceptors (Lipinski definition) is 4. The minimum absolute atomic E-state index is 0.0848. The van der Waals surface area contributed by atoms with Crippen LogP contribution >= 0.6 is 0 Å². The summed E-state index contributed by atoms with van der Waals surface area (Å²) in [6.07, 6.45) is 2.25. The van der Waals surface area contributed by atoms with Crippen molar-refractivity contribution in [3.63, 3.8) is 0 Å². The normalized spacial score (nSPS) is 10.2. The van der Waals surface area contributed by atoms with Crippen molar-refractivity contribution in [1.29, 1.82) is 0 Å². The van der Waals surface area contributed by atoms with Crippen molar-refractivity contribution < 1.29 is 9.90 Å². The molecule has 0 atom stereocenters. The summed E-state index contributed by atoms with van der Waals surface area (Å²) in [4.78, 5) is 17.1. The van der Waals surface area contributed by atoms with Gasteiger partial charge < -0.3 is 15.7 Å². The van der Waals surface area contributed by atoms with Crippen LogP contribution in [-0.4, -0.2) is 29.7 Å². The van der Waals surface area contributed by atoms with E-state index in [-0.39, 0.29) is 11.3 Å². The summed E-state index contributed by atoms with van der Waals surface area (Å²) in [5.41, 5.74) is 7.09. The van der Waals surface area contributed by atoms with E-state index in [0.717, 1.165) is 13.0 Å². The van der Waals surface area contributed by atoms with Gasteiger partial charge >= 0.3 is 5.97 Å². The van der Waals surface area contributed by atoms with Gasteiger partial charge in [-0.2, -0.15) is 0 Å². The summed E-state index contributed by atoms with van der Waals surface area (Å²) in [5, 5.41) is 9.05. The van der Waals surface area contributed by atoms with Crippen molar-refractivity contribution in [2.75, 3.05) is 24.2 Å². The number of anilines is 2. The maximum Gasteiger partial charge on any atom is 0.337 e. The molecule has 2 rings (SSSR count). The number of aromatic nitrogens is 1. The number of nitrogens with two attached hydrogens (primary N) is 1. The van der Waals surface area contributed by atoms with Crippen LogP contribution in [0.15, 0.2) is 42.6 Å². The van der Waals surface area contributed by atoms with Gasteiger partial charge in [0.05, 0.1) is 17.4 Å². The highest BCUT2D eigenvalue weighted by Gasteiger charge is 2.11. The Balaban J connectivity index is 2.07. The number of carboxylic acids is 1. The van der Waals surface area contributed by atoms with Crippen LogP contribution in [0.25, 0.3) is 0 Å². The third-order valence-corrected chi connectivity index (χ3v) is 3.12. The molecule has 5 heteroatoms. The summed E-state index contributed by atoms with van der Waals surface area (Å²) in [7, 11) is 1.88. The highest BCUT2D eigenvalue weighted by molar-refractivity contribution is 5.94. The lowest BCUT2D eigenvalue weighted by molar-refractivity contribution is 0.0698. The molecule has 0 saturated heterocycles. The van der Waals surface area contributed by atoms with Gasteiger partial charge in [-0.15, -0.1) is 0 Å². The summed E-state index contributed by atoms with van der Waals surface area (Å²) in [6, 6.07) is 11.6. The number of aromatic carboxylic acids is 1. The van der Waals surface area contributed by atoms with E-state index in [9.17, 15) is 4.79 Å². The molecule has 20 heavy (non-hydrogen) atoms. The van der Waals surface area contributed by atoms with Crippen LogP contribution in [0.2, 0.25) is 0 Å².